The van der Waals surface area contributed by atoms with Crippen molar-refractivity contribution in [2.45, 2.75) is 22.2 Å². The average Bonchev–Trinajstić information content (AvgIpc) is 2.46. The van der Waals surface area contributed by atoms with Crippen LogP contribution in [0.25, 0.3) is 0 Å². The van der Waals surface area contributed by atoms with Crippen molar-refractivity contribution < 1.29 is 30.0 Å². The zero-order valence-corrected chi connectivity index (χ0v) is 13.8. The van der Waals surface area contributed by atoms with Crippen molar-refractivity contribution in [2.75, 3.05) is 4.72 Å². The lowest BCUT2D eigenvalue weighted by atomic mass is 10.2. The number of rotatable bonds is 4. The SMILES string of the molecule is Cc1ccc(S(=O)(=O)Nc2ccc(S(=O)(=O)C(F)(F)F)cc2)cc1. The van der Waals surface area contributed by atoms with Gasteiger partial charge in [0.15, 0.2) is 0 Å². The highest BCUT2D eigenvalue weighted by molar-refractivity contribution is 7.93. The summed E-state index contributed by atoms with van der Waals surface area (Å²) in [4.78, 5) is -0.992. The molecule has 24 heavy (non-hydrogen) atoms. The number of benzene rings is 2. The highest BCUT2D eigenvalue weighted by Crippen LogP contribution is 2.30. The summed E-state index contributed by atoms with van der Waals surface area (Å²) in [6.45, 7) is 1.78. The molecule has 0 fully saturated rings. The molecule has 2 aromatic carbocycles. The molecule has 2 rings (SSSR count). The van der Waals surface area contributed by atoms with Crippen LogP contribution in [-0.2, 0) is 19.9 Å². The molecule has 1 N–H and O–H groups in total. The Bertz CT molecular complexity index is 933. The number of hydrogen-bond donors (Lipinski definition) is 1. The van der Waals surface area contributed by atoms with Gasteiger partial charge < -0.3 is 0 Å². The third-order valence-corrected chi connectivity index (χ3v) is 5.95. The summed E-state index contributed by atoms with van der Waals surface area (Å²) in [6, 6.07) is 9.21. The number of halogens is 3. The summed E-state index contributed by atoms with van der Waals surface area (Å²) in [5.74, 6) is 0. The fourth-order valence-electron chi connectivity index (χ4n) is 1.77. The highest BCUT2D eigenvalue weighted by atomic mass is 32.2. The van der Waals surface area contributed by atoms with Gasteiger partial charge in [-0.1, -0.05) is 17.7 Å². The number of alkyl halides is 3. The molecule has 0 aliphatic carbocycles. The van der Waals surface area contributed by atoms with E-state index in [9.17, 15) is 30.0 Å². The molecule has 0 saturated heterocycles. The Balaban J connectivity index is 2.28. The number of hydrogen-bond acceptors (Lipinski definition) is 4. The Labute approximate surface area is 137 Å². The predicted octanol–water partition coefficient (Wildman–Crippen LogP) is 3.09. The third kappa shape index (κ3) is 3.70. The van der Waals surface area contributed by atoms with E-state index in [-0.39, 0.29) is 10.6 Å². The van der Waals surface area contributed by atoms with Gasteiger partial charge in [0.25, 0.3) is 19.9 Å². The van der Waals surface area contributed by atoms with Crippen molar-refractivity contribution in [2.24, 2.45) is 0 Å². The van der Waals surface area contributed by atoms with Crippen molar-refractivity contribution in [1.29, 1.82) is 0 Å². The minimum Gasteiger partial charge on any atom is -0.280 e. The summed E-state index contributed by atoms with van der Waals surface area (Å²) in [6.07, 6.45) is 0. The summed E-state index contributed by atoms with van der Waals surface area (Å²) >= 11 is 0. The normalized spacial score (nSPS) is 12.8. The maximum atomic E-state index is 12.4. The highest BCUT2D eigenvalue weighted by Gasteiger charge is 2.46. The number of aryl methyl sites for hydroxylation is 1. The number of anilines is 1. The molecule has 0 saturated carbocycles. The second-order valence-electron chi connectivity index (χ2n) is 4.89. The van der Waals surface area contributed by atoms with Crippen LogP contribution in [0.15, 0.2) is 58.3 Å². The van der Waals surface area contributed by atoms with Gasteiger partial charge in [-0.2, -0.15) is 13.2 Å². The van der Waals surface area contributed by atoms with E-state index in [1.165, 1.54) is 12.1 Å². The summed E-state index contributed by atoms with van der Waals surface area (Å²) in [5, 5.41) is 0. The van der Waals surface area contributed by atoms with Gasteiger partial charge in [-0.3, -0.25) is 4.72 Å². The van der Waals surface area contributed by atoms with Crippen LogP contribution in [0.5, 0.6) is 0 Å². The first-order valence-electron chi connectivity index (χ1n) is 6.44. The van der Waals surface area contributed by atoms with Crippen LogP contribution in [-0.4, -0.2) is 22.3 Å². The van der Waals surface area contributed by atoms with Crippen LogP contribution in [0.2, 0.25) is 0 Å². The maximum absolute atomic E-state index is 12.4. The fourth-order valence-corrected chi connectivity index (χ4v) is 3.59. The van der Waals surface area contributed by atoms with Crippen LogP contribution in [0.4, 0.5) is 18.9 Å². The first-order chi connectivity index (χ1) is 10.9. The second kappa shape index (κ2) is 6.10. The van der Waals surface area contributed by atoms with Crippen molar-refractivity contribution in [3.8, 4) is 0 Å². The zero-order valence-electron chi connectivity index (χ0n) is 12.2. The monoisotopic (exact) mass is 379 g/mol. The van der Waals surface area contributed by atoms with Crippen LogP contribution in [0, 0.1) is 6.92 Å². The maximum Gasteiger partial charge on any atom is 0.501 e. The van der Waals surface area contributed by atoms with E-state index >= 15 is 0 Å². The molecule has 0 radical (unpaired) electrons. The molecule has 10 heteroatoms. The molecule has 0 bridgehead atoms. The van der Waals surface area contributed by atoms with Gasteiger partial charge >= 0.3 is 5.51 Å². The van der Waals surface area contributed by atoms with Crippen molar-refractivity contribution in [1.82, 2.24) is 0 Å². The Morgan fingerprint density at radius 2 is 1.25 bits per heavy atom. The summed E-state index contributed by atoms with van der Waals surface area (Å²) < 4.78 is 86.3. The largest absolute Gasteiger partial charge is 0.501 e. The lowest BCUT2D eigenvalue weighted by Crippen LogP contribution is -2.23. The molecule has 0 aliphatic rings. The number of sulfone groups is 1. The standard InChI is InChI=1S/C14H12F3NO4S2/c1-10-2-6-13(7-3-10)24(21,22)18-11-4-8-12(9-5-11)23(19,20)14(15,16)17/h2-9,18H,1H3. The number of nitrogens with one attached hydrogen (secondary N) is 1. The molecular weight excluding hydrogens is 367 g/mol. The van der Waals surface area contributed by atoms with E-state index in [0.717, 1.165) is 17.7 Å². The first kappa shape index (κ1) is 18.3. The molecule has 0 spiro atoms. The Morgan fingerprint density at radius 1 is 0.792 bits per heavy atom. The van der Waals surface area contributed by atoms with Crippen LogP contribution >= 0.6 is 0 Å². The Kier molecular flexibility index (Phi) is 4.64. The van der Waals surface area contributed by atoms with Crippen LogP contribution in [0.3, 0.4) is 0 Å². The lowest BCUT2D eigenvalue weighted by Gasteiger charge is -2.10. The summed E-state index contributed by atoms with van der Waals surface area (Å²) in [5.41, 5.74) is -4.62. The van der Waals surface area contributed by atoms with E-state index in [1.54, 1.807) is 19.1 Å². The molecule has 0 atom stereocenters. The van der Waals surface area contributed by atoms with E-state index in [4.69, 9.17) is 0 Å². The quantitative estimate of drug-likeness (QED) is 0.885. The Hall–Kier alpha value is -2.07. The van der Waals surface area contributed by atoms with Gasteiger partial charge in [0, 0.05) is 5.69 Å². The molecule has 2 aromatic rings. The van der Waals surface area contributed by atoms with E-state index in [0.29, 0.717) is 12.1 Å². The molecular formula is C14H12F3NO4S2. The van der Waals surface area contributed by atoms with Crippen molar-refractivity contribution >= 4 is 25.5 Å². The van der Waals surface area contributed by atoms with Crippen LogP contribution in [0.1, 0.15) is 5.56 Å². The van der Waals surface area contributed by atoms with E-state index < -0.39 is 30.3 Å². The van der Waals surface area contributed by atoms with Gasteiger partial charge in [-0.25, -0.2) is 16.8 Å². The molecule has 0 amide bonds. The van der Waals surface area contributed by atoms with E-state index in [1.807, 2.05) is 0 Å². The van der Waals surface area contributed by atoms with Gasteiger partial charge in [0.05, 0.1) is 9.79 Å². The summed E-state index contributed by atoms with van der Waals surface area (Å²) in [7, 11) is -9.40. The van der Waals surface area contributed by atoms with Crippen LogP contribution < -0.4 is 4.72 Å². The minimum atomic E-state index is -5.47. The number of sulfonamides is 1. The molecule has 130 valence electrons. The molecule has 0 heterocycles. The minimum absolute atomic E-state index is 0.0277. The lowest BCUT2D eigenvalue weighted by molar-refractivity contribution is -0.0436. The van der Waals surface area contributed by atoms with Crippen molar-refractivity contribution in [3.05, 3.63) is 54.1 Å². The van der Waals surface area contributed by atoms with E-state index in [2.05, 4.69) is 4.72 Å². The predicted molar refractivity (Wildman–Crippen MR) is 81.7 cm³/mol. The first-order valence-corrected chi connectivity index (χ1v) is 9.41. The van der Waals surface area contributed by atoms with Crippen molar-refractivity contribution in [3.63, 3.8) is 0 Å². The third-order valence-electron chi connectivity index (χ3n) is 3.05. The van der Waals surface area contributed by atoms with Gasteiger partial charge in [0.2, 0.25) is 0 Å². The molecule has 0 aliphatic heterocycles. The van der Waals surface area contributed by atoms with Gasteiger partial charge in [-0.15, -0.1) is 0 Å². The zero-order chi connectivity index (χ0) is 18.2. The van der Waals surface area contributed by atoms with Gasteiger partial charge in [0.1, 0.15) is 0 Å². The molecule has 5 nitrogen and oxygen atoms in total. The second-order valence-corrected chi connectivity index (χ2v) is 8.52. The van der Waals surface area contributed by atoms with Gasteiger partial charge in [-0.05, 0) is 43.3 Å². The molecule has 0 unspecified atom stereocenters. The topological polar surface area (TPSA) is 80.3 Å². The Morgan fingerprint density at radius 3 is 1.71 bits per heavy atom. The average molecular weight is 379 g/mol. The smallest absolute Gasteiger partial charge is 0.280 e. The molecule has 0 aromatic heterocycles. The fraction of sp³-hybridized carbons (Fsp3) is 0.143.